The van der Waals surface area contributed by atoms with Gasteiger partial charge in [-0.1, -0.05) is 12.1 Å². The first-order valence-corrected chi connectivity index (χ1v) is 10.7. The Morgan fingerprint density at radius 2 is 1.80 bits per heavy atom. The molecule has 0 unspecified atom stereocenters. The van der Waals surface area contributed by atoms with E-state index in [1.165, 1.54) is 6.92 Å². The first-order valence-electron chi connectivity index (χ1n) is 9.21. The highest BCUT2D eigenvalue weighted by Gasteiger charge is 2.16. The summed E-state index contributed by atoms with van der Waals surface area (Å²) in [6.45, 7) is 4.10. The molecule has 2 aromatic carbocycles. The molecule has 0 spiro atoms. The van der Waals surface area contributed by atoms with Crippen LogP contribution in [-0.2, 0) is 26.2 Å². The molecule has 2 amide bonds. The van der Waals surface area contributed by atoms with E-state index < -0.39 is 32.5 Å². The van der Waals surface area contributed by atoms with Crippen molar-refractivity contribution in [2.45, 2.75) is 31.7 Å². The molecule has 2 N–H and O–H groups in total. The van der Waals surface area contributed by atoms with Crippen LogP contribution in [0.1, 0.15) is 25.8 Å². The summed E-state index contributed by atoms with van der Waals surface area (Å²) in [5.41, 5.74) is 1.35. The quantitative estimate of drug-likeness (QED) is 0.628. The fraction of sp³-hybridized carbons (Fsp3) is 0.300. The molecule has 2 aromatic rings. The van der Waals surface area contributed by atoms with Gasteiger partial charge in [-0.2, -0.15) is 0 Å². The average molecular weight is 439 g/mol. The number of hydrogen-bond donors (Lipinski definition) is 2. The number of nitrogens with zero attached hydrogens (tertiary/aromatic N) is 1. The first kappa shape index (κ1) is 23.4. The monoisotopic (exact) mass is 439 g/mol. The molecule has 0 radical (unpaired) electrons. The fourth-order valence-corrected chi connectivity index (χ4v) is 3.71. The summed E-state index contributed by atoms with van der Waals surface area (Å²) in [7, 11) is -4.07. The Bertz CT molecular complexity index is 1030. The molecule has 162 valence electrons. The Labute approximate surface area is 174 Å². The van der Waals surface area contributed by atoms with E-state index >= 15 is 0 Å². The van der Waals surface area contributed by atoms with Gasteiger partial charge in [0, 0.05) is 38.7 Å². The number of hydrogen-bond acceptors (Lipinski definition) is 4. The molecule has 10 heteroatoms. The van der Waals surface area contributed by atoms with Crippen molar-refractivity contribution in [2.75, 3.05) is 18.4 Å². The van der Waals surface area contributed by atoms with E-state index in [0.29, 0.717) is 24.8 Å². The molecule has 0 atom stereocenters. The van der Waals surface area contributed by atoms with E-state index in [1.54, 1.807) is 23.1 Å². The number of anilines is 1. The minimum absolute atomic E-state index is 0.0553. The highest BCUT2D eigenvalue weighted by molar-refractivity contribution is 7.89. The number of sulfonamides is 1. The zero-order chi connectivity index (χ0) is 22.3. The molecule has 0 saturated carbocycles. The van der Waals surface area contributed by atoms with Crippen molar-refractivity contribution in [3.05, 3.63) is 59.7 Å². The number of carbonyl (C=O) groups excluding carboxylic acids is 2. The number of benzene rings is 2. The smallest absolute Gasteiger partial charge is 0.240 e. The second-order valence-corrected chi connectivity index (χ2v) is 8.27. The lowest BCUT2D eigenvalue weighted by Gasteiger charge is -2.19. The highest BCUT2D eigenvalue weighted by Crippen LogP contribution is 2.15. The molecule has 0 saturated heterocycles. The Hall–Kier alpha value is -2.85. The summed E-state index contributed by atoms with van der Waals surface area (Å²) < 4.78 is 52.6. The van der Waals surface area contributed by atoms with Gasteiger partial charge in [-0.25, -0.2) is 21.9 Å². The number of amides is 2. The molecule has 2 rings (SSSR count). The maximum Gasteiger partial charge on any atom is 0.240 e. The number of halogens is 2. The van der Waals surface area contributed by atoms with Gasteiger partial charge in [-0.3, -0.25) is 9.59 Å². The molecular weight excluding hydrogens is 416 g/mol. The fourth-order valence-electron chi connectivity index (χ4n) is 2.66. The van der Waals surface area contributed by atoms with Gasteiger partial charge in [-0.15, -0.1) is 0 Å². The molecule has 0 aromatic heterocycles. The van der Waals surface area contributed by atoms with Gasteiger partial charge in [0.15, 0.2) is 11.6 Å². The van der Waals surface area contributed by atoms with Crippen LogP contribution in [0.4, 0.5) is 14.5 Å². The number of carbonyl (C=O) groups is 2. The first-order chi connectivity index (χ1) is 14.1. The second-order valence-electron chi connectivity index (χ2n) is 6.51. The molecule has 0 heterocycles. The van der Waals surface area contributed by atoms with Crippen LogP contribution in [0, 0.1) is 11.6 Å². The van der Waals surface area contributed by atoms with Gasteiger partial charge in [0.25, 0.3) is 0 Å². The van der Waals surface area contributed by atoms with Crippen LogP contribution in [0.15, 0.2) is 47.4 Å². The largest absolute Gasteiger partial charge is 0.339 e. The maximum atomic E-state index is 13.2. The van der Waals surface area contributed by atoms with E-state index in [-0.39, 0.29) is 18.9 Å². The van der Waals surface area contributed by atoms with E-state index in [0.717, 1.165) is 17.7 Å². The minimum Gasteiger partial charge on any atom is -0.339 e. The topological polar surface area (TPSA) is 95.6 Å². The van der Waals surface area contributed by atoms with Gasteiger partial charge in [0.1, 0.15) is 0 Å². The standard InChI is InChI=1S/C20H23F2N3O4S/c1-3-25(14(2)26)13-15-5-4-6-16(11-15)24-20(27)9-10-23-30(28,29)17-7-8-18(21)19(22)12-17/h4-8,11-12,23H,3,9-10,13H2,1-2H3,(H,24,27). The third-order valence-corrected chi connectivity index (χ3v) is 5.72. The summed E-state index contributed by atoms with van der Waals surface area (Å²) in [4.78, 5) is 24.9. The van der Waals surface area contributed by atoms with Gasteiger partial charge in [-0.05, 0) is 42.8 Å². The van der Waals surface area contributed by atoms with Crippen LogP contribution in [0.2, 0.25) is 0 Å². The molecule has 0 aliphatic heterocycles. The zero-order valence-electron chi connectivity index (χ0n) is 16.6. The SMILES string of the molecule is CCN(Cc1cccc(NC(=O)CCNS(=O)(=O)c2ccc(F)c(F)c2)c1)C(C)=O. The van der Waals surface area contributed by atoms with E-state index in [1.807, 2.05) is 13.0 Å². The second kappa shape index (κ2) is 10.3. The van der Waals surface area contributed by atoms with Crippen molar-refractivity contribution >= 4 is 27.5 Å². The summed E-state index contributed by atoms with van der Waals surface area (Å²) in [5.74, 6) is -2.91. The minimum atomic E-state index is -4.07. The Balaban J connectivity index is 1.91. The summed E-state index contributed by atoms with van der Waals surface area (Å²) >= 11 is 0. The maximum absolute atomic E-state index is 13.2. The van der Waals surface area contributed by atoms with Crippen LogP contribution in [0.3, 0.4) is 0 Å². The number of rotatable bonds is 9. The Kier molecular flexibility index (Phi) is 8.01. The Morgan fingerprint density at radius 3 is 2.43 bits per heavy atom. The van der Waals surface area contributed by atoms with Crippen LogP contribution < -0.4 is 10.0 Å². The van der Waals surface area contributed by atoms with Crippen molar-refractivity contribution in [3.63, 3.8) is 0 Å². The van der Waals surface area contributed by atoms with Crippen molar-refractivity contribution in [3.8, 4) is 0 Å². The number of nitrogens with one attached hydrogen (secondary N) is 2. The Morgan fingerprint density at radius 1 is 1.07 bits per heavy atom. The van der Waals surface area contributed by atoms with Crippen molar-refractivity contribution in [1.82, 2.24) is 9.62 Å². The van der Waals surface area contributed by atoms with Crippen LogP contribution in [0.25, 0.3) is 0 Å². The van der Waals surface area contributed by atoms with Crippen LogP contribution in [-0.4, -0.2) is 38.2 Å². The predicted octanol–water partition coefficient (Wildman–Crippen LogP) is 2.64. The van der Waals surface area contributed by atoms with E-state index in [4.69, 9.17) is 0 Å². The van der Waals surface area contributed by atoms with Gasteiger partial charge in [0.2, 0.25) is 21.8 Å². The van der Waals surface area contributed by atoms with E-state index in [2.05, 4.69) is 10.0 Å². The summed E-state index contributed by atoms with van der Waals surface area (Å²) in [6, 6.07) is 9.21. The van der Waals surface area contributed by atoms with Crippen molar-refractivity contribution in [2.24, 2.45) is 0 Å². The third kappa shape index (κ3) is 6.60. The van der Waals surface area contributed by atoms with Crippen LogP contribution >= 0.6 is 0 Å². The third-order valence-electron chi connectivity index (χ3n) is 4.26. The molecule has 30 heavy (non-hydrogen) atoms. The van der Waals surface area contributed by atoms with Gasteiger partial charge < -0.3 is 10.2 Å². The normalized spacial score (nSPS) is 11.2. The molecule has 0 aliphatic carbocycles. The van der Waals surface area contributed by atoms with Crippen molar-refractivity contribution < 1.29 is 26.8 Å². The molecule has 0 bridgehead atoms. The molecule has 0 aliphatic rings. The summed E-state index contributed by atoms with van der Waals surface area (Å²) in [6.07, 6.45) is -0.165. The average Bonchev–Trinajstić information content (AvgIpc) is 2.68. The molecule has 0 fully saturated rings. The molecule has 7 nitrogen and oxygen atoms in total. The van der Waals surface area contributed by atoms with Crippen LogP contribution in [0.5, 0.6) is 0 Å². The highest BCUT2D eigenvalue weighted by atomic mass is 32.2. The summed E-state index contributed by atoms with van der Waals surface area (Å²) in [5, 5.41) is 2.66. The molecular formula is C20H23F2N3O4S. The lowest BCUT2D eigenvalue weighted by molar-refractivity contribution is -0.129. The van der Waals surface area contributed by atoms with Crippen molar-refractivity contribution in [1.29, 1.82) is 0 Å². The lowest BCUT2D eigenvalue weighted by Crippen LogP contribution is -2.28. The zero-order valence-corrected chi connectivity index (χ0v) is 17.4. The van der Waals surface area contributed by atoms with Gasteiger partial charge >= 0.3 is 0 Å². The van der Waals surface area contributed by atoms with Gasteiger partial charge in [0.05, 0.1) is 4.90 Å². The lowest BCUT2D eigenvalue weighted by atomic mass is 10.2. The predicted molar refractivity (Wildman–Crippen MR) is 108 cm³/mol. The van der Waals surface area contributed by atoms with E-state index in [9.17, 15) is 26.8 Å².